The van der Waals surface area contributed by atoms with Gasteiger partial charge in [0.05, 0.1) is 6.42 Å². The molecular weight excluding hydrogens is 356 g/mol. The van der Waals surface area contributed by atoms with Crippen molar-refractivity contribution in [1.29, 1.82) is 0 Å². The molecule has 2 aromatic rings. The first-order valence-corrected chi connectivity index (χ1v) is 9.96. The number of nitrogens with zero attached hydrogens (tertiary/aromatic N) is 2. The highest BCUT2D eigenvalue weighted by molar-refractivity contribution is 5.96. The minimum absolute atomic E-state index is 0.0557. The van der Waals surface area contributed by atoms with Gasteiger partial charge in [0, 0.05) is 13.1 Å². The van der Waals surface area contributed by atoms with Crippen molar-refractivity contribution in [2.75, 3.05) is 17.2 Å². The number of H-pyrrole nitrogens is 1. The topological polar surface area (TPSA) is 101 Å². The van der Waals surface area contributed by atoms with Gasteiger partial charge in [-0.15, -0.1) is 0 Å². The summed E-state index contributed by atoms with van der Waals surface area (Å²) in [5, 5.41) is 0. The molecule has 0 unspecified atom stereocenters. The number of hydrogen-bond acceptors (Lipinski definition) is 4. The van der Waals surface area contributed by atoms with Crippen LogP contribution in [0.25, 0.3) is 0 Å². The van der Waals surface area contributed by atoms with Crippen molar-refractivity contribution in [3.63, 3.8) is 0 Å². The second kappa shape index (κ2) is 10.5. The average molecular weight is 386 g/mol. The molecule has 1 aromatic heterocycles. The highest BCUT2D eigenvalue weighted by Gasteiger charge is 2.24. The van der Waals surface area contributed by atoms with Crippen LogP contribution in [-0.2, 0) is 17.8 Å². The quantitative estimate of drug-likeness (QED) is 0.613. The summed E-state index contributed by atoms with van der Waals surface area (Å²) < 4.78 is 1.35. The smallest absolute Gasteiger partial charge is 0.330 e. The van der Waals surface area contributed by atoms with E-state index in [0.29, 0.717) is 13.1 Å². The minimum Gasteiger partial charge on any atom is -0.383 e. The third-order valence-corrected chi connectivity index (χ3v) is 4.70. The molecule has 0 aliphatic rings. The van der Waals surface area contributed by atoms with Crippen molar-refractivity contribution in [2.24, 2.45) is 0 Å². The highest BCUT2D eigenvalue weighted by atomic mass is 16.2. The van der Waals surface area contributed by atoms with Gasteiger partial charge in [-0.05, 0) is 18.4 Å². The predicted octanol–water partition coefficient (Wildman–Crippen LogP) is 2.68. The lowest BCUT2D eigenvalue weighted by molar-refractivity contribution is -0.118. The van der Waals surface area contributed by atoms with Crippen molar-refractivity contribution in [3.8, 4) is 0 Å². The lowest BCUT2D eigenvalue weighted by atomic mass is 10.1. The molecule has 0 radical (unpaired) electrons. The van der Waals surface area contributed by atoms with Crippen LogP contribution in [0.2, 0.25) is 0 Å². The normalized spacial score (nSPS) is 10.8. The molecule has 152 valence electrons. The number of aromatic nitrogens is 2. The molecule has 0 aliphatic carbocycles. The van der Waals surface area contributed by atoms with E-state index in [1.54, 1.807) is 0 Å². The molecule has 0 bridgehead atoms. The summed E-state index contributed by atoms with van der Waals surface area (Å²) in [5.41, 5.74) is 6.00. The fourth-order valence-electron chi connectivity index (χ4n) is 3.12. The molecule has 2 rings (SSSR count). The van der Waals surface area contributed by atoms with Crippen LogP contribution < -0.4 is 21.9 Å². The summed E-state index contributed by atoms with van der Waals surface area (Å²) in [6.07, 6.45) is 4.48. The van der Waals surface area contributed by atoms with Crippen LogP contribution in [0.3, 0.4) is 0 Å². The number of aromatic amines is 1. The van der Waals surface area contributed by atoms with E-state index in [1.807, 2.05) is 37.3 Å². The van der Waals surface area contributed by atoms with E-state index in [2.05, 4.69) is 11.9 Å². The van der Waals surface area contributed by atoms with Crippen LogP contribution in [0.15, 0.2) is 39.9 Å². The van der Waals surface area contributed by atoms with Gasteiger partial charge in [-0.25, -0.2) is 4.79 Å². The first kappa shape index (κ1) is 21.5. The Morgan fingerprint density at radius 1 is 1.07 bits per heavy atom. The molecule has 7 nitrogen and oxygen atoms in total. The van der Waals surface area contributed by atoms with Crippen molar-refractivity contribution in [1.82, 2.24) is 9.55 Å². The minimum atomic E-state index is -0.617. The van der Waals surface area contributed by atoms with Crippen molar-refractivity contribution in [2.45, 2.75) is 58.9 Å². The standard InChI is InChI=1S/C21H30N4O3/c1-3-5-10-14-24(17(26)15-16-11-8-7-9-12-16)18-19(22)25(13-6-4-2)21(28)23-20(18)27/h7-9,11-12H,3-6,10,13-15,22H2,1-2H3,(H,23,27,28). The van der Waals surface area contributed by atoms with Gasteiger partial charge in [-0.1, -0.05) is 63.4 Å². The van der Waals surface area contributed by atoms with Gasteiger partial charge >= 0.3 is 5.69 Å². The first-order valence-electron chi connectivity index (χ1n) is 9.96. The van der Waals surface area contributed by atoms with E-state index in [1.165, 1.54) is 9.47 Å². The van der Waals surface area contributed by atoms with Gasteiger partial charge in [-0.3, -0.25) is 19.1 Å². The Morgan fingerprint density at radius 2 is 1.75 bits per heavy atom. The zero-order valence-corrected chi connectivity index (χ0v) is 16.7. The van der Waals surface area contributed by atoms with Crippen LogP contribution in [0.5, 0.6) is 0 Å². The Kier molecular flexibility index (Phi) is 8.04. The van der Waals surface area contributed by atoms with E-state index in [0.717, 1.165) is 37.7 Å². The maximum absolute atomic E-state index is 13.1. The van der Waals surface area contributed by atoms with E-state index >= 15 is 0 Å². The van der Waals surface area contributed by atoms with Crippen LogP contribution in [0.1, 0.15) is 51.5 Å². The van der Waals surface area contributed by atoms with Crippen molar-refractivity contribution >= 4 is 17.4 Å². The fourth-order valence-corrected chi connectivity index (χ4v) is 3.12. The predicted molar refractivity (Wildman–Crippen MR) is 113 cm³/mol. The molecule has 28 heavy (non-hydrogen) atoms. The Labute approximate surface area is 165 Å². The molecule has 0 aliphatic heterocycles. The van der Waals surface area contributed by atoms with Gasteiger partial charge in [0.25, 0.3) is 5.56 Å². The number of amides is 1. The van der Waals surface area contributed by atoms with Crippen LogP contribution >= 0.6 is 0 Å². The zero-order valence-electron chi connectivity index (χ0n) is 16.7. The molecule has 1 heterocycles. The molecule has 0 saturated carbocycles. The van der Waals surface area contributed by atoms with Crippen molar-refractivity contribution < 1.29 is 4.79 Å². The lowest BCUT2D eigenvalue weighted by Gasteiger charge is -2.24. The van der Waals surface area contributed by atoms with E-state index in [9.17, 15) is 14.4 Å². The molecule has 3 N–H and O–H groups in total. The Morgan fingerprint density at radius 3 is 2.39 bits per heavy atom. The van der Waals surface area contributed by atoms with Crippen LogP contribution in [0.4, 0.5) is 11.5 Å². The largest absolute Gasteiger partial charge is 0.383 e. The monoisotopic (exact) mass is 386 g/mol. The maximum Gasteiger partial charge on any atom is 0.330 e. The first-order chi connectivity index (χ1) is 13.5. The second-order valence-corrected chi connectivity index (χ2v) is 6.91. The number of hydrogen-bond donors (Lipinski definition) is 2. The third-order valence-electron chi connectivity index (χ3n) is 4.70. The van der Waals surface area contributed by atoms with Gasteiger partial charge in [0.1, 0.15) is 5.82 Å². The number of unbranched alkanes of at least 4 members (excludes halogenated alkanes) is 3. The number of anilines is 2. The van der Waals surface area contributed by atoms with Gasteiger partial charge in [0.15, 0.2) is 5.69 Å². The average Bonchev–Trinajstić information content (AvgIpc) is 2.67. The molecule has 0 saturated heterocycles. The second-order valence-electron chi connectivity index (χ2n) is 6.91. The maximum atomic E-state index is 13.1. The fraction of sp³-hybridized carbons (Fsp3) is 0.476. The molecule has 7 heteroatoms. The number of carbonyl (C=O) groups is 1. The summed E-state index contributed by atoms with van der Waals surface area (Å²) in [6, 6.07) is 9.38. The van der Waals surface area contributed by atoms with Gasteiger partial charge in [-0.2, -0.15) is 0 Å². The Balaban J connectivity index is 2.43. The number of rotatable bonds is 10. The van der Waals surface area contributed by atoms with E-state index < -0.39 is 11.2 Å². The number of carbonyl (C=O) groups excluding carboxylic acids is 1. The highest BCUT2D eigenvalue weighted by Crippen LogP contribution is 2.19. The lowest BCUT2D eigenvalue weighted by Crippen LogP contribution is -2.42. The SMILES string of the molecule is CCCCCN(C(=O)Cc1ccccc1)c1c(N)n(CCCC)c(=O)[nH]c1=O. The Bertz CT molecular complexity index is 887. The number of nitrogens with two attached hydrogens (primary N) is 1. The molecule has 0 atom stereocenters. The van der Waals surface area contributed by atoms with E-state index in [4.69, 9.17) is 5.73 Å². The van der Waals surface area contributed by atoms with Crippen molar-refractivity contribution in [3.05, 3.63) is 56.7 Å². The number of nitrogens with one attached hydrogen (secondary N) is 1. The molecular formula is C21H30N4O3. The van der Waals surface area contributed by atoms with Crippen LogP contribution in [-0.4, -0.2) is 22.0 Å². The van der Waals surface area contributed by atoms with E-state index in [-0.39, 0.29) is 23.8 Å². The summed E-state index contributed by atoms with van der Waals surface area (Å²) in [5.74, 6) is -0.152. The molecule has 0 spiro atoms. The summed E-state index contributed by atoms with van der Waals surface area (Å²) in [4.78, 5) is 41.6. The Hall–Kier alpha value is -2.83. The summed E-state index contributed by atoms with van der Waals surface area (Å²) >= 11 is 0. The van der Waals surface area contributed by atoms with Gasteiger partial charge in [0.2, 0.25) is 5.91 Å². The molecule has 1 amide bonds. The zero-order chi connectivity index (χ0) is 20.5. The van der Waals surface area contributed by atoms with Gasteiger partial charge < -0.3 is 10.6 Å². The molecule has 0 fully saturated rings. The summed E-state index contributed by atoms with van der Waals surface area (Å²) in [7, 11) is 0. The number of nitrogen functional groups attached to an aromatic ring is 1. The molecule has 1 aromatic carbocycles. The third kappa shape index (κ3) is 5.34. The number of benzene rings is 1. The van der Waals surface area contributed by atoms with Crippen LogP contribution in [0, 0.1) is 0 Å². The summed E-state index contributed by atoms with van der Waals surface area (Å²) in [6.45, 7) is 4.87.